The molecule has 0 saturated carbocycles. The van der Waals surface area contributed by atoms with Crippen LogP contribution in [0.4, 0.5) is 28.0 Å². The Labute approximate surface area is 323 Å². The van der Waals surface area contributed by atoms with Gasteiger partial charge in [-0.15, -0.1) is 0 Å². The molecule has 0 radical (unpaired) electrons. The summed E-state index contributed by atoms with van der Waals surface area (Å²) in [6.45, 7) is -0.0300. The number of amides is 5. The summed E-state index contributed by atoms with van der Waals surface area (Å²) in [4.78, 5) is 65.7. The molecule has 10 nitrogen and oxygen atoms in total. The van der Waals surface area contributed by atoms with Gasteiger partial charge in [-0.25, -0.2) is 14.1 Å². The second-order valence-corrected chi connectivity index (χ2v) is 14.5. The highest BCUT2D eigenvalue weighted by Gasteiger charge is 2.58. The summed E-state index contributed by atoms with van der Waals surface area (Å²) in [5.74, 6) is -2.70. The number of carbonyl (C=O) groups excluding carboxylic acids is 5. The third-order valence-corrected chi connectivity index (χ3v) is 10.3. The van der Waals surface area contributed by atoms with E-state index in [2.05, 4.69) is 10.6 Å². The minimum Gasteiger partial charge on any atom is -0.427 e. The molecular weight excluding hydrogens is 732 g/mol. The number of halogens is 4. The van der Waals surface area contributed by atoms with Crippen LogP contribution in [0.2, 0.25) is 0 Å². The summed E-state index contributed by atoms with van der Waals surface area (Å²) >= 11 is 0. The van der Waals surface area contributed by atoms with Gasteiger partial charge in [-0.05, 0) is 67.1 Å². The SMILES string of the molecule is C[C@H](N(Cc1ccc(F)cc1)C(=O)CN1C(=O)O[C@@]2(CCc3cc(NC(=O)CCCCCCCCCCNC(=O)Cc4ccccc4)ccc32)C1=O)C(F)(F)F. The second-order valence-electron chi connectivity index (χ2n) is 14.5. The van der Waals surface area contributed by atoms with Crippen molar-refractivity contribution >= 4 is 35.4 Å². The van der Waals surface area contributed by atoms with E-state index in [1.165, 1.54) is 12.1 Å². The lowest BCUT2D eigenvalue weighted by Gasteiger charge is -2.31. The fourth-order valence-electron chi connectivity index (χ4n) is 7.13. The number of carbonyl (C=O) groups is 5. The molecule has 0 bridgehead atoms. The fraction of sp³-hybridized carbons (Fsp3) is 0.452. The van der Waals surface area contributed by atoms with Crippen molar-refractivity contribution in [3.8, 4) is 0 Å². The monoisotopic (exact) mass is 780 g/mol. The highest BCUT2D eigenvalue weighted by atomic mass is 19.4. The third kappa shape index (κ3) is 10.9. The first-order valence-corrected chi connectivity index (χ1v) is 19.2. The quantitative estimate of drug-likeness (QED) is 0.0948. The first-order chi connectivity index (χ1) is 26.8. The van der Waals surface area contributed by atoms with Crippen LogP contribution in [0, 0.1) is 5.82 Å². The highest BCUT2D eigenvalue weighted by molar-refractivity contribution is 6.06. The second kappa shape index (κ2) is 19.1. The Morgan fingerprint density at radius 2 is 1.52 bits per heavy atom. The number of benzene rings is 3. The van der Waals surface area contributed by atoms with Gasteiger partial charge in [0.15, 0.2) is 0 Å². The van der Waals surface area contributed by atoms with Crippen LogP contribution in [-0.4, -0.2) is 64.8 Å². The summed E-state index contributed by atoms with van der Waals surface area (Å²) in [5, 5.41) is 5.85. The van der Waals surface area contributed by atoms with Crippen LogP contribution in [0.3, 0.4) is 0 Å². The van der Waals surface area contributed by atoms with Gasteiger partial charge in [0, 0.05) is 37.2 Å². The molecule has 2 N–H and O–H groups in total. The number of hydrogen-bond acceptors (Lipinski definition) is 6. The summed E-state index contributed by atoms with van der Waals surface area (Å²) in [6, 6.07) is 16.9. The molecule has 1 heterocycles. The molecule has 14 heteroatoms. The van der Waals surface area contributed by atoms with Gasteiger partial charge >= 0.3 is 12.3 Å². The summed E-state index contributed by atoms with van der Waals surface area (Å²) in [6.07, 6.45) is 3.10. The molecule has 56 heavy (non-hydrogen) atoms. The van der Waals surface area contributed by atoms with Gasteiger partial charge in [-0.3, -0.25) is 19.2 Å². The summed E-state index contributed by atoms with van der Waals surface area (Å²) in [7, 11) is 0. The molecule has 0 unspecified atom stereocenters. The number of aryl methyl sites for hydroxylation is 1. The largest absolute Gasteiger partial charge is 0.427 e. The molecule has 1 saturated heterocycles. The van der Waals surface area contributed by atoms with Crippen LogP contribution in [0.15, 0.2) is 72.8 Å². The zero-order chi connectivity index (χ0) is 40.3. The number of imide groups is 1. The van der Waals surface area contributed by atoms with E-state index in [1.807, 2.05) is 30.3 Å². The molecule has 2 aliphatic rings. The first-order valence-electron chi connectivity index (χ1n) is 19.2. The summed E-state index contributed by atoms with van der Waals surface area (Å²) in [5.41, 5.74) is 1.07. The Kier molecular flexibility index (Phi) is 14.2. The van der Waals surface area contributed by atoms with Crippen LogP contribution in [0.25, 0.3) is 0 Å². The maximum Gasteiger partial charge on any atom is 0.418 e. The van der Waals surface area contributed by atoms with Crippen molar-refractivity contribution in [2.45, 2.75) is 108 Å². The molecule has 300 valence electrons. The number of alkyl halides is 3. The van der Waals surface area contributed by atoms with Crippen LogP contribution in [0.5, 0.6) is 0 Å². The van der Waals surface area contributed by atoms with E-state index in [1.54, 1.807) is 18.2 Å². The standard InChI is InChI=1S/C42H48F4N4O6/c1-29(42(44,45)46)49(27-31-16-18-33(43)19-17-31)38(53)28-50-39(54)41(56-40(50)55)23-22-32-26-34(20-21-35(32)41)48-36(51)15-11-6-4-2-3-5-7-12-24-47-37(52)25-30-13-9-8-10-14-30/h8-10,13-14,16-21,26,29H,2-7,11-12,15,22-25,27-28H2,1H3,(H,47,52)(H,48,51)/t29-,41+/m0/s1. The molecule has 3 aromatic carbocycles. The average Bonchev–Trinajstić information content (AvgIpc) is 3.64. The van der Waals surface area contributed by atoms with E-state index < -0.39 is 54.6 Å². The van der Waals surface area contributed by atoms with E-state index in [4.69, 9.17) is 4.74 Å². The van der Waals surface area contributed by atoms with Gasteiger partial charge in [-0.2, -0.15) is 13.2 Å². The zero-order valence-corrected chi connectivity index (χ0v) is 31.5. The molecule has 5 rings (SSSR count). The van der Waals surface area contributed by atoms with Crippen molar-refractivity contribution in [2.75, 3.05) is 18.4 Å². The van der Waals surface area contributed by atoms with Gasteiger partial charge in [0.2, 0.25) is 23.3 Å². The van der Waals surface area contributed by atoms with Gasteiger partial charge in [0.05, 0.1) is 6.42 Å². The van der Waals surface area contributed by atoms with Crippen molar-refractivity contribution in [2.24, 2.45) is 0 Å². The fourth-order valence-corrected chi connectivity index (χ4v) is 7.13. The molecule has 1 aliphatic carbocycles. The summed E-state index contributed by atoms with van der Waals surface area (Å²) < 4.78 is 60.3. The molecule has 3 aromatic rings. The Morgan fingerprint density at radius 1 is 0.857 bits per heavy atom. The van der Waals surface area contributed by atoms with Gasteiger partial charge in [0.25, 0.3) is 5.91 Å². The van der Waals surface area contributed by atoms with E-state index in [0.29, 0.717) is 52.4 Å². The van der Waals surface area contributed by atoms with Gasteiger partial charge < -0.3 is 20.3 Å². The lowest BCUT2D eigenvalue weighted by Crippen LogP contribution is -2.51. The Hall–Kier alpha value is -5.27. The Bertz CT molecular complexity index is 1860. The van der Waals surface area contributed by atoms with Crippen molar-refractivity contribution in [1.29, 1.82) is 0 Å². The van der Waals surface area contributed by atoms with Crippen LogP contribution in [-0.2, 0) is 48.9 Å². The normalized spacial score (nSPS) is 16.8. The van der Waals surface area contributed by atoms with Gasteiger partial charge in [0.1, 0.15) is 18.4 Å². The molecular formula is C42H48F4N4O6. The zero-order valence-electron chi connectivity index (χ0n) is 31.5. The average molecular weight is 781 g/mol. The number of ether oxygens (including phenoxy) is 1. The number of hydrogen-bond donors (Lipinski definition) is 2. The molecule has 1 spiro atoms. The predicted molar refractivity (Wildman–Crippen MR) is 200 cm³/mol. The van der Waals surface area contributed by atoms with Crippen LogP contribution in [0.1, 0.15) is 93.4 Å². The van der Waals surface area contributed by atoms with E-state index >= 15 is 0 Å². The lowest BCUT2D eigenvalue weighted by atomic mass is 9.94. The molecule has 0 aromatic heterocycles. The van der Waals surface area contributed by atoms with Crippen molar-refractivity contribution in [3.05, 3.63) is 101 Å². The van der Waals surface area contributed by atoms with E-state index in [9.17, 15) is 41.5 Å². The maximum atomic E-state index is 13.8. The minimum absolute atomic E-state index is 0.0366. The number of rotatable bonds is 19. The van der Waals surface area contributed by atoms with Gasteiger partial charge in [-0.1, -0.05) is 87.1 Å². The molecule has 2 atom stereocenters. The Balaban J connectivity index is 1.03. The first kappa shape index (κ1) is 41.9. The van der Waals surface area contributed by atoms with Crippen LogP contribution < -0.4 is 10.6 Å². The van der Waals surface area contributed by atoms with Crippen molar-refractivity contribution in [1.82, 2.24) is 15.1 Å². The van der Waals surface area contributed by atoms with E-state index in [0.717, 1.165) is 76.0 Å². The number of nitrogens with one attached hydrogen (secondary N) is 2. The molecule has 1 aliphatic heterocycles. The number of unbranched alkanes of at least 4 members (excludes halogenated alkanes) is 7. The molecule has 1 fully saturated rings. The number of nitrogens with zero attached hydrogens (tertiary/aromatic N) is 2. The third-order valence-electron chi connectivity index (χ3n) is 10.3. The lowest BCUT2D eigenvalue weighted by molar-refractivity contribution is -0.187. The predicted octanol–water partition coefficient (Wildman–Crippen LogP) is 7.73. The smallest absolute Gasteiger partial charge is 0.418 e. The number of fused-ring (bicyclic) bond motifs is 2. The van der Waals surface area contributed by atoms with Crippen LogP contribution >= 0.6 is 0 Å². The topological polar surface area (TPSA) is 125 Å². The van der Waals surface area contributed by atoms with E-state index in [-0.39, 0.29) is 23.8 Å². The minimum atomic E-state index is -4.81. The number of anilines is 1. The Morgan fingerprint density at radius 3 is 2.20 bits per heavy atom. The maximum absolute atomic E-state index is 13.8. The van der Waals surface area contributed by atoms with Crippen molar-refractivity contribution in [3.63, 3.8) is 0 Å². The molecule has 5 amide bonds. The van der Waals surface area contributed by atoms with Crippen molar-refractivity contribution < 1.29 is 46.3 Å². The highest BCUT2D eigenvalue weighted by Crippen LogP contribution is 2.46.